The average Bonchev–Trinajstić information content (AvgIpc) is 3.40. The zero-order valence-corrected chi connectivity index (χ0v) is 26.0. The van der Waals surface area contributed by atoms with Gasteiger partial charge in [0.15, 0.2) is 0 Å². The first-order valence-electron chi connectivity index (χ1n) is 15.6. The van der Waals surface area contributed by atoms with Gasteiger partial charge in [0.25, 0.3) is 0 Å². The lowest BCUT2D eigenvalue weighted by Gasteiger charge is -2.35. The van der Waals surface area contributed by atoms with E-state index in [1.54, 1.807) is 4.90 Å². The topological polar surface area (TPSA) is 61.0 Å². The Morgan fingerprint density at radius 1 is 0.909 bits per heavy atom. The Hall–Kier alpha value is -3.59. The van der Waals surface area contributed by atoms with Gasteiger partial charge < -0.3 is 24.3 Å². The molecule has 1 atom stereocenters. The van der Waals surface area contributed by atoms with Gasteiger partial charge >= 0.3 is 6.09 Å². The van der Waals surface area contributed by atoms with Crippen molar-refractivity contribution in [3.05, 3.63) is 94.4 Å². The van der Waals surface area contributed by atoms with Crippen LogP contribution in [0.5, 0.6) is 11.5 Å². The summed E-state index contributed by atoms with van der Waals surface area (Å²) in [6.45, 7) is 7.03. The van der Waals surface area contributed by atoms with E-state index in [1.165, 1.54) is 69.8 Å². The Morgan fingerprint density at radius 3 is 2.41 bits per heavy atom. The first-order valence-corrected chi connectivity index (χ1v) is 16.0. The normalized spacial score (nSPS) is 17.5. The monoisotopic (exact) mass is 618 g/mol. The van der Waals surface area contributed by atoms with E-state index in [-0.39, 0.29) is 5.82 Å². The second-order valence-corrected chi connectivity index (χ2v) is 12.3. The summed E-state index contributed by atoms with van der Waals surface area (Å²) < 4.78 is 25.2. The van der Waals surface area contributed by atoms with Gasteiger partial charge in [-0.2, -0.15) is 0 Å². The molecular weight excluding hydrogens is 579 g/mol. The minimum atomic E-state index is -0.489. The van der Waals surface area contributed by atoms with Crippen molar-refractivity contribution in [3.63, 3.8) is 0 Å². The molecule has 1 unspecified atom stereocenters. The number of likely N-dealkylation sites (N-methyl/N-ethyl adjacent to an activating group) is 1. The quantitative estimate of drug-likeness (QED) is 0.189. The molecule has 3 heterocycles. The number of carbonyl (C=O) groups is 1. The summed E-state index contributed by atoms with van der Waals surface area (Å²) in [5.41, 5.74) is 4.00. The summed E-state index contributed by atoms with van der Waals surface area (Å²) in [6, 6.07) is 18.9. The number of hydrogen-bond donors (Lipinski definition) is 1. The second-order valence-electron chi connectivity index (χ2n) is 11.9. The van der Waals surface area contributed by atoms with E-state index in [0.29, 0.717) is 30.3 Å². The molecule has 9 heteroatoms. The van der Waals surface area contributed by atoms with Gasteiger partial charge in [0.05, 0.1) is 6.61 Å². The van der Waals surface area contributed by atoms with Gasteiger partial charge in [0, 0.05) is 54.3 Å². The third kappa shape index (κ3) is 7.20. The highest BCUT2D eigenvalue weighted by molar-refractivity contribution is 6.31. The van der Waals surface area contributed by atoms with Crippen LogP contribution in [0.3, 0.4) is 0 Å². The van der Waals surface area contributed by atoms with Crippen LogP contribution in [-0.4, -0.2) is 78.7 Å². The molecular formula is C35H40ClFN4O3. The molecule has 2 aliphatic heterocycles. The van der Waals surface area contributed by atoms with Crippen LogP contribution in [0.2, 0.25) is 5.02 Å². The maximum atomic E-state index is 13.5. The number of rotatable bonds is 10. The fourth-order valence-electron chi connectivity index (χ4n) is 6.26. The van der Waals surface area contributed by atoms with Crippen molar-refractivity contribution < 1.29 is 18.7 Å². The molecule has 2 aliphatic rings. The van der Waals surface area contributed by atoms with Crippen LogP contribution in [0.25, 0.3) is 10.9 Å². The number of hydrogen-bond acceptors (Lipinski definition) is 5. The van der Waals surface area contributed by atoms with E-state index in [9.17, 15) is 9.18 Å². The summed E-state index contributed by atoms with van der Waals surface area (Å²) in [5.74, 6) is 0.726. The van der Waals surface area contributed by atoms with Gasteiger partial charge in [0.2, 0.25) is 0 Å². The SMILES string of the molecule is CN1CCN(CCCCCCOc2ccc(C3c4[nH]c5ccc(Cl)cc5c4CCN3C(=O)Oc3ccc(F)cc3)cc2)CC1. The minimum absolute atomic E-state index is 0.299. The van der Waals surface area contributed by atoms with Crippen LogP contribution in [-0.2, 0) is 6.42 Å². The van der Waals surface area contributed by atoms with Crippen molar-refractivity contribution in [2.24, 2.45) is 0 Å². The lowest BCUT2D eigenvalue weighted by atomic mass is 9.92. The number of carbonyl (C=O) groups excluding carboxylic acids is 1. The molecule has 0 radical (unpaired) electrons. The van der Waals surface area contributed by atoms with Gasteiger partial charge in [-0.3, -0.25) is 4.90 Å². The predicted molar refractivity (Wildman–Crippen MR) is 172 cm³/mol. The number of aromatic amines is 1. The molecule has 0 bridgehead atoms. The highest BCUT2D eigenvalue weighted by Crippen LogP contribution is 2.40. The standard InChI is InChI=1S/C35H40ClFN4O3/c1-39-19-21-40(22-20-39)17-4-2-3-5-23-43-28-11-6-25(7-12-28)34-33-30(31-24-26(36)8-15-32(31)38-33)16-18-41(34)35(42)44-29-13-9-27(37)10-14-29/h6-15,24,34,38H,2-5,16-23H2,1H3. The second kappa shape index (κ2) is 14.0. The third-order valence-electron chi connectivity index (χ3n) is 8.77. The minimum Gasteiger partial charge on any atom is -0.494 e. The molecule has 0 saturated carbocycles. The highest BCUT2D eigenvalue weighted by atomic mass is 35.5. The molecule has 3 aromatic carbocycles. The van der Waals surface area contributed by atoms with Gasteiger partial charge in [-0.05, 0) is 98.6 Å². The molecule has 1 saturated heterocycles. The summed E-state index contributed by atoms with van der Waals surface area (Å²) in [6.07, 6.45) is 4.81. The van der Waals surface area contributed by atoms with Crippen molar-refractivity contribution in [1.29, 1.82) is 0 Å². The number of H-pyrrole nitrogens is 1. The smallest absolute Gasteiger partial charge is 0.416 e. The molecule has 232 valence electrons. The highest BCUT2D eigenvalue weighted by Gasteiger charge is 2.35. The lowest BCUT2D eigenvalue weighted by Crippen LogP contribution is -2.44. The number of piperazine rings is 1. The number of benzene rings is 3. The number of nitrogens with one attached hydrogen (secondary N) is 1. The van der Waals surface area contributed by atoms with E-state index < -0.39 is 12.1 Å². The number of halogens is 2. The molecule has 1 N–H and O–H groups in total. The Kier molecular flexibility index (Phi) is 9.69. The van der Waals surface area contributed by atoms with Crippen LogP contribution in [0.4, 0.5) is 9.18 Å². The fraction of sp³-hybridized carbons (Fsp3) is 0.400. The van der Waals surface area contributed by atoms with Crippen LogP contribution in [0, 0.1) is 5.82 Å². The van der Waals surface area contributed by atoms with Gasteiger partial charge in [-0.15, -0.1) is 0 Å². The largest absolute Gasteiger partial charge is 0.494 e. The van der Waals surface area contributed by atoms with Crippen molar-refractivity contribution in [2.45, 2.75) is 38.1 Å². The maximum absolute atomic E-state index is 13.5. The summed E-state index contributed by atoms with van der Waals surface area (Å²) in [4.78, 5) is 23.7. The average molecular weight is 619 g/mol. The first kappa shape index (κ1) is 30.4. The number of aromatic nitrogens is 1. The van der Waals surface area contributed by atoms with Crippen molar-refractivity contribution in [2.75, 3.05) is 52.9 Å². The van der Waals surface area contributed by atoms with E-state index in [0.717, 1.165) is 46.3 Å². The molecule has 4 aromatic rings. The number of unbranched alkanes of at least 4 members (excludes halogenated alkanes) is 3. The van der Waals surface area contributed by atoms with Crippen LogP contribution in [0.1, 0.15) is 48.5 Å². The predicted octanol–water partition coefficient (Wildman–Crippen LogP) is 7.29. The zero-order chi connectivity index (χ0) is 30.5. The molecule has 6 rings (SSSR count). The van der Waals surface area contributed by atoms with Gasteiger partial charge in [-0.1, -0.05) is 36.6 Å². The molecule has 0 spiro atoms. The number of amides is 1. The number of ether oxygens (including phenoxy) is 2. The Bertz CT molecular complexity index is 1550. The summed E-state index contributed by atoms with van der Waals surface area (Å²) >= 11 is 6.34. The number of nitrogens with zero attached hydrogens (tertiary/aromatic N) is 3. The molecule has 0 aliphatic carbocycles. The van der Waals surface area contributed by atoms with Crippen molar-refractivity contribution in [1.82, 2.24) is 19.7 Å². The zero-order valence-electron chi connectivity index (χ0n) is 25.2. The Labute approximate surface area is 263 Å². The van der Waals surface area contributed by atoms with Crippen molar-refractivity contribution in [3.8, 4) is 11.5 Å². The van der Waals surface area contributed by atoms with Crippen LogP contribution >= 0.6 is 11.6 Å². The van der Waals surface area contributed by atoms with Gasteiger partial charge in [-0.25, -0.2) is 9.18 Å². The fourth-order valence-corrected chi connectivity index (χ4v) is 6.44. The van der Waals surface area contributed by atoms with Gasteiger partial charge in [0.1, 0.15) is 23.4 Å². The number of fused-ring (bicyclic) bond motifs is 3. The van der Waals surface area contributed by atoms with E-state index >= 15 is 0 Å². The third-order valence-corrected chi connectivity index (χ3v) is 9.01. The Balaban J connectivity index is 1.10. The van der Waals surface area contributed by atoms with E-state index in [4.69, 9.17) is 21.1 Å². The molecule has 44 heavy (non-hydrogen) atoms. The van der Waals surface area contributed by atoms with Crippen LogP contribution < -0.4 is 9.47 Å². The Morgan fingerprint density at radius 2 is 1.64 bits per heavy atom. The van der Waals surface area contributed by atoms with Crippen LogP contribution in [0.15, 0.2) is 66.7 Å². The molecule has 1 aromatic heterocycles. The summed E-state index contributed by atoms with van der Waals surface area (Å²) in [7, 11) is 2.19. The molecule has 7 nitrogen and oxygen atoms in total. The first-order chi connectivity index (χ1) is 21.4. The van der Waals surface area contributed by atoms with Crippen molar-refractivity contribution >= 4 is 28.6 Å². The van der Waals surface area contributed by atoms with E-state index in [1.807, 2.05) is 42.5 Å². The summed E-state index contributed by atoms with van der Waals surface area (Å²) in [5, 5.41) is 1.73. The molecule has 1 amide bonds. The maximum Gasteiger partial charge on any atom is 0.416 e. The molecule has 1 fully saturated rings. The van der Waals surface area contributed by atoms with E-state index in [2.05, 4.69) is 21.8 Å². The lowest BCUT2D eigenvalue weighted by molar-refractivity contribution is 0.135.